The third kappa shape index (κ3) is 3.13. The summed E-state index contributed by atoms with van der Waals surface area (Å²) in [7, 11) is 0. The zero-order chi connectivity index (χ0) is 16.4. The predicted octanol–water partition coefficient (Wildman–Crippen LogP) is 2.83. The maximum absolute atomic E-state index is 9.97. The molecule has 1 aliphatic heterocycles. The highest BCUT2D eigenvalue weighted by Crippen LogP contribution is 2.27. The first-order valence-electron chi connectivity index (χ1n) is 7.91. The van der Waals surface area contributed by atoms with Gasteiger partial charge in [0.1, 0.15) is 5.75 Å². The Morgan fingerprint density at radius 2 is 1.92 bits per heavy atom. The van der Waals surface area contributed by atoms with E-state index < -0.39 is 0 Å². The van der Waals surface area contributed by atoms with Crippen molar-refractivity contribution < 1.29 is 9.63 Å². The average Bonchev–Trinajstić information content (AvgIpc) is 3.27. The van der Waals surface area contributed by atoms with Crippen LogP contribution in [0.15, 0.2) is 46.3 Å². The van der Waals surface area contributed by atoms with Crippen molar-refractivity contribution in [2.24, 2.45) is 0 Å². The average molecular weight is 342 g/mol. The molecule has 3 heterocycles. The highest BCUT2D eigenvalue weighted by molar-refractivity contribution is 7.13. The minimum atomic E-state index is 0.337. The number of piperazine rings is 1. The van der Waals surface area contributed by atoms with Crippen LogP contribution in [-0.4, -0.2) is 46.3 Å². The van der Waals surface area contributed by atoms with Gasteiger partial charge >= 0.3 is 0 Å². The molecule has 1 saturated heterocycles. The second-order valence-electron chi connectivity index (χ2n) is 5.74. The number of nitrogens with zero attached hydrogens (tertiary/aromatic N) is 4. The van der Waals surface area contributed by atoms with Crippen molar-refractivity contribution in [3.63, 3.8) is 0 Å². The first-order chi connectivity index (χ1) is 11.8. The van der Waals surface area contributed by atoms with Crippen molar-refractivity contribution in [3.05, 3.63) is 47.7 Å². The fourth-order valence-electron chi connectivity index (χ4n) is 2.89. The lowest BCUT2D eigenvalue weighted by atomic mass is 10.2. The molecule has 6 nitrogen and oxygen atoms in total. The van der Waals surface area contributed by atoms with Gasteiger partial charge in [-0.15, -0.1) is 11.3 Å². The second kappa shape index (κ2) is 6.62. The Morgan fingerprint density at radius 1 is 1.08 bits per heavy atom. The quantitative estimate of drug-likeness (QED) is 0.786. The number of aromatic nitrogens is 2. The van der Waals surface area contributed by atoms with Gasteiger partial charge < -0.3 is 14.5 Å². The van der Waals surface area contributed by atoms with Gasteiger partial charge in [0.15, 0.2) is 0 Å². The van der Waals surface area contributed by atoms with Crippen LogP contribution >= 0.6 is 11.3 Å². The fourth-order valence-corrected chi connectivity index (χ4v) is 3.54. The Bertz CT molecular complexity index is 795. The molecule has 7 heteroatoms. The Balaban J connectivity index is 1.36. The second-order valence-corrected chi connectivity index (χ2v) is 6.69. The van der Waals surface area contributed by atoms with Crippen LogP contribution in [0, 0.1) is 0 Å². The van der Waals surface area contributed by atoms with E-state index in [2.05, 4.69) is 19.9 Å². The molecule has 1 aromatic carbocycles. The minimum Gasteiger partial charge on any atom is -0.506 e. The third-order valence-corrected chi connectivity index (χ3v) is 5.03. The van der Waals surface area contributed by atoms with Crippen LogP contribution in [0.2, 0.25) is 0 Å². The number of phenolic OH excluding ortho intramolecular Hbond substituents is 1. The summed E-state index contributed by atoms with van der Waals surface area (Å²) in [5.74, 6) is 1.64. The smallest absolute Gasteiger partial charge is 0.241 e. The van der Waals surface area contributed by atoms with Gasteiger partial charge in [-0.05, 0) is 23.6 Å². The van der Waals surface area contributed by atoms with Gasteiger partial charge in [0.25, 0.3) is 0 Å². The summed E-state index contributed by atoms with van der Waals surface area (Å²) < 4.78 is 5.37. The summed E-state index contributed by atoms with van der Waals surface area (Å²) in [6, 6.07) is 11.4. The maximum Gasteiger partial charge on any atom is 0.241 e. The minimum absolute atomic E-state index is 0.337. The molecule has 0 amide bonds. The van der Waals surface area contributed by atoms with Crippen molar-refractivity contribution in [1.82, 2.24) is 15.0 Å². The molecule has 1 fully saturated rings. The van der Waals surface area contributed by atoms with Crippen LogP contribution in [0.5, 0.6) is 5.75 Å². The molecular weight excluding hydrogens is 324 g/mol. The molecule has 0 spiro atoms. The van der Waals surface area contributed by atoms with E-state index in [0.717, 1.165) is 36.7 Å². The van der Waals surface area contributed by atoms with Gasteiger partial charge in [-0.3, -0.25) is 4.90 Å². The highest BCUT2D eigenvalue weighted by Gasteiger charge is 2.21. The summed E-state index contributed by atoms with van der Waals surface area (Å²) >= 11 is 1.61. The van der Waals surface area contributed by atoms with Crippen molar-refractivity contribution in [2.45, 2.75) is 6.54 Å². The summed E-state index contributed by atoms with van der Waals surface area (Å²) in [5.41, 5.74) is 0.898. The molecule has 0 unspecified atom stereocenters. The molecule has 124 valence electrons. The number of hydrogen-bond acceptors (Lipinski definition) is 7. The molecule has 24 heavy (non-hydrogen) atoms. The molecule has 1 N–H and O–H groups in total. The van der Waals surface area contributed by atoms with Gasteiger partial charge in [0, 0.05) is 26.2 Å². The largest absolute Gasteiger partial charge is 0.506 e. The van der Waals surface area contributed by atoms with E-state index in [9.17, 15) is 5.11 Å². The van der Waals surface area contributed by atoms with Gasteiger partial charge in [-0.2, -0.15) is 4.98 Å². The molecular formula is C17H18N4O2S. The van der Waals surface area contributed by atoms with E-state index in [1.165, 1.54) is 0 Å². The molecule has 1 aliphatic rings. The SMILES string of the molecule is Oc1ccccc1N1CCN(Cc2nc(-c3cccs3)no2)CC1. The van der Waals surface area contributed by atoms with Crippen molar-refractivity contribution >= 4 is 17.0 Å². The van der Waals surface area contributed by atoms with Crippen LogP contribution in [0.1, 0.15) is 5.89 Å². The molecule has 3 aromatic rings. The molecule has 0 bridgehead atoms. The number of aromatic hydroxyl groups is 1. The summed E-state index contributed by atoms with van der Waals surface area (Å²) in [6.45, 7) is 4.18. The molecule has 4 rings (SSSR count). The zero-order valence-electron chi connectivity index (χ0n) is 13.1. The van der Waals surface area contributed by atoms with E-state index in [1.54, 1.807) is 17.4 Å². The van der Waals surface area contributed by atoms with E-state index in [4.69, 9.17) is 4.52 Å². The topological polar surface area (TPSA) is 65.6 Å². The Labute approximate surface area is 144 Å². The van der Waals surface area contributed by atoms with Crippen LogP contribution in [-0.2, 0) is 6.54 Å². The van der Waals surface area contributed by atoms with E-state index in [0.29, 0.717) is 24.0 Å². The van der Waals surface area contributed by atoms with Crippen molar-refractivity contribution in [1.29, 1.82) is 0 Å². The van der Waals surface area contributed by atoms with E-state index in [1.807, 2.05) is 35.7 Å². The monoisotopic (exact) mass is 342 g/mol. The first-order valence-corrected chi connectivity index (χ1v) is 8.79. The van der Waals surface area contributed by atoms with Crippen LogP contribution in [0.25, 0.3) is 10.7 Å². The standard InChI is InChI=1S/C17H18N4O2S/c22-14-5-2-1-4-13(14)21-9-7-20(8-10-21)12-16-18-17(19-23-16)15-6-3-11-24-15/h1-6,11,22H,7-10,12H2. The molecule has 0 saturated carbocycles. The lowest BCUT2D eigenvalue weighted by Crippen LogP contribution is -2.46. The van der Waals surface area contributed by atoms with Gasteiger partial charge in [-0.1, -0.05) is 23.4 Å². The van der Waals surface area contributed by atoms with Gasteiger partial charge in [0.05, 0.1) is 17.1 Å². The maximum atomic E-state index is 9.97. The molecule has 0 atom stereocenters. The van der Waals surface area contributed by atoms with Crippen LogP contribution < -0.4 is 4.90 Å². The summed E-state index contributed by atoms with van der Waals surface area (Å²) in [6.07, 6.45) is 0. The zero-order valence-corrected chi connectivity index (χ0v) is 13.9. The van der Waals surface area contributed by atoms with Crippen LogP contribution in [0.4, 0.5) is 5.69 Å². The normalized spacial score (nSPS) is 15.8. The Hall–Kier alpha value is -2.38. The number of hydrogen-bond donors (Lipinski definition) is 1. The molecule has 2 aromatic heterocycles. The number of rotatable bonds is 4. The Morgan fingerprint density at radius 3 is 2.67 bits per heavy atom. The summed E-state index contributed by atoms with van der Waals surface area (Å²) in [5, 5.41) is 16.0. The number of anilines is 1. The highest BCUT2D eigenvalue weighted by atomic mass is 32.1. The first kappa shape index (κ1) is 15.2. The Kier molecular flexibility index (Phi) is 4.18. The van der Waals surface area contributed by atoms with Crippen LogP contribution in [0.3, 0.4) is 0 Å². The number of phenols is 1. The van der Waals surface area contributed by atoms with Crippen molar-refractivity contribution in [3.8, 4) is 16.5 Å². The lowest BCUT2D eigenvalue weighted by molar-refractivity contribution is 0.215. The van der Waals surface area contributed by atoms with Gasteiger partial charge in [-0.25, -0.2) is 0 Å². The number of benzene rings is 1. The van der Waals surface area contributed by atoms with Gasteiger partial charge in [0.2, 0.25) is 11.7 Å². The predicted molar refractivity (Wildman–Crippen MR) is 93.2 cm³/mol. The number of para-hydroxylation sites is 2. The lowest BCUT2D eigenvalue weighted by Gasteiger charge is -2.35. The van der Waals surface area contributed by atoms with E-state index in [-0.39, 0.29) is 0 Å². The number of thiophene rings is 1. The summed E-state index contributed by atoms with van der Waals surface area (Å²) in [4.78, 5) is 10.00. The molecule has 0 radical (unpaired) electrons. The molecule has 0 aliphatic carbocycles. The van der Waals surface area contributed by atoms with E-state index >= 15 is 0 Å². The fraction of sp³-hybridized carbons (Fsp3) is 0.294. The van der Waals surface area contributed by atoms with Crippen molar-refractivity contribution in [2.75, 3.05) is 31.1 Å². The third-order valence-electron chi connectivity index (χ3n) is 4.16.